The van der Waals surface area contributed by atoms with Crippen molar-refractivity contribution in [3.8, 4) is 0 Å². The van der Waals surface area contributed by atoms with Crippen LogP contribution in [0.5, 0.6) is 0 Å². The molecule has 2 aromatic heterocycles. The molecule has 2 saturated carbocycles. The number of halogens is 2. The molecule has 0 spiro atoms. The van der Waals surface area contributed by atoms with Gasteiger partial charge in [-0.05, 0) is 76.5 Å². The predicted octanol–water partition coefficient (Wildman–Crippen LogP) is 5.71. The molecule has 202 valence electrons. The van der Waals surface area contributed by atoms with Gasteiger partial charge in [-0.15, -0.1) is 0 Å². The number of nitrogens with two attached hydrogens (primary N) is 1. The zero-order chi connectivity index (χ0) is 27.4. The number of anilines is 2. The highest BCUT2D eigenvalue weighted by Crippen LogP contribution is 2.55. The molecule has 5 rings (SSSR count). The summed E-state index contributed by atoms with van der Waals surface area (Å²) in [6.45, 7) is 5.50. The molecule has 2 heterocycles. The first kappa shape index (κ1) is 26.2. The van der Waals surface area contributed by atoms with E-state index in [9.17, 15) is 14.0 Å². The third-order valence-corrected chi connectivity index (χ3v) is 7.84. The average Bonchev–Trinajstić information content (AvgIpc) is 3.58. The van der Waals surface area contributed by atoms with Crippen LogP contribution in [-0.4, -0.2) is 36.9 Å². The number of rotatable bonds is 4. The van der Waals surface area contributed by atoms with Crippen LogP contribution < -0.4 is 11.1 Å². The largest absolute Gasteiger partial charge is 0.443 e. The Morgan fingerprint density at radius 2 is 1.82 bits per heavy atom. The number of amides is 1. The van der Waals surface area contributed by atoms with Gasteiger partial charge in [-0.3, -0.25) is 9.48 Å². The molecule has 1 aromatic carbocycles. The number of benzene rings is 1. The molecule has 0 aliphatic heterocycles. The number of nitrogens with zero attached hydrogens (tertiary/aromatic N) is 4. The normalized spacial score (nSPS) is 22.9. The van der Waals surface area contributed by atoms with Gasteiger partial charge in [-0.1, -0.05) is 11.6 Å². The zero-order valence-corrected chi connectivity index (χ0v) is 22.6. The summed E-state index contributed by atoms with van der Waals surface area (Å²) >= 11 is 5.87. The molecule has 2 unspecified atom stereocenters. The molecule has 2 fully saturated rings. The lowest BCUT2D eigenvalue weighted by atomic mass is 9.92. The molecule has 0 radical (unpaired) electrons. The number of imidazole rings is 1. The van der Waals surface area contributed by atoms with Gasteiger partial charge in [-0.25, -0.2) is 18.7 Å². The maximum atomic E-state index is 13.5. The minimum atomic E-state index is -0.572. The van der Waals surface area contributed by atoms with Crippen LogP contribution in [-0.2, 0) is 11.8 Å². The number of carbonyl (C=O) groups excluding carboxylic acids is 2. The fourth-order valence-electron chi connectivity index (χ4n) is 5.89. The van der Waals surface area contributed by atoms with Crippen molar-refractivity contribution in [3.05, 3.63) is 58.5 Å². The van der Waals surface area contributed by atoms with Gasteiger partial charge in [-0.2, -0.15) is 5.10 Å². The molecule has 0 bridgehead atoms. The molecule has 1 amide bonds. The fourth-order valence-corrected chi connectivity index (χ4v) is 6.07. The number of hydrogen-bond donors (Lipinski definition) is 2. The predicted molar refractivity (Wildman–Crippen MR) is 142 cm³/mol. The number of carbonyl (C=O) groups is 2. The molecule has 2 atom stereocenters. The van der Waals surface area contributed by atoms with Gasteiger partial charge in [0.15, 0.2) is 0 Å². The number of nitrogen functional groups attached to an aromatic ring is 1. The van der Waals surface area contributed by atoms with Crippen LogP contribution in [0.1, 0.15) is 80.0 Å². The van der Waals surface area contributed by atoms with Crippen molar-refractivity contribution < 1.29 is 18.7 Å². The molecule has 2 aliphatic rings. The smallest absolute Gasteiger partial charge is 0.419 e. The molecule has 2 aliphatic carbocycles. The molecule has 3 aromatic rings. The van der Waals surface area contributed by atoms with E-state index in [-0.39, 0.29) is 22.7 Å². The van der Waals surface area contributed by atoms with E-state index in [1.807, 2.05) is 20.8 Å². The van der Waals surface area contributed by atoms with E-state index >= 15 is 0 Å². The summed E-state index contributed by atoms with van der Waals surface area (Å²) < 4.78 is 21.9. The lowest BCUT2D eigenvalue weighted by molar-refractivity contribution is 0.0536. The summed E-state index contributed by atoms with van der Waals surface area (Å²) in [5.74, 6) is 0.641. The lowest BCUT2D eigenvalue weighted by Gasteiger charge is -2.19. The summed E-state index contributed by atoms with van der Waals surface area (Å²) in [5.41, 5.74) is 8.02. The fraction of sp³-hybridized carbons (Fsp3) is 0.481. The van der Waals surface area contributed by atoms with E-state index in [0.717, 1.165) is 31.4 Å². The monoisotopic (exact) mass is 542 g/mol. The highest BCUT2D eigenvalue weighted by molar-refractivity contribution is 6.31. The second-order valence-electron chi connectivity index (χ2n) is 11.4. The van der Waals surface area contributed by atoms with Gasteiger partial charge < -0.3 is 15.8 Å². The van der Waals surface area contributed by atoms with E-state index in [4.69, 9.17) is 22.1 Å². The zero-order valence-electron chi connectivity index (χ0n) is 21.9. The van der Waals surface area contributed by atoms with Crippen molar-refractivity contribution in [2.24, 2.45) is 18.9 Å². The van der Waals surface area contributed by atoms with Crippen molar-refractivity contribution in [2.75, 3.05) is 11.1 Å². The molecular formula is C27H32ClFN6O3. The Balaban J connectivity index is 1.27. The standard InChI is InChI=1S/C27H32ClFN6O3/c1-27(2,3)38-26(37)35-12-21(31-13-35)16-7-14-9-17(10-15(14)8-16)23-22(24(30)34(4)33-23)25(36)32-18-5-6-20(29)19(28)11-18/h5-6,11-17H,7-10,30H2,1-4H3,(H,32,36). The van der Waals surface area contributed by atoms with Gasteiger partial charge >= 0.3 is 6.09 Å². The Hall–Kier alpha value is -3.40. The third-order valence-electron chi connectivity index (χ3n) is 7.55. The minimum Gasteiger partial charge on any atom is -0.443 e. The number of fused-ring (bicyclic) bond motifs is 1. The summed E-state index contributed by atoms with van der Waals surface area (Å²) in [7, 11) is 1.72. The first-order chi connectivity index (χ1) is 17.9. The summed E-state index contributed by atoms with van der Waals surface area (Å²) in [6.07, 6.45) is 6.59. The van der Waals surface area contributed by atoms with E-state index in [2.05, 4.69) is 15.4 Å². The number of aryl methyl sites for hydroxylation is 1. The average molecular weight is 543 g/mol. The van der Waals surface area contributed by atoms with E-state index < -0.39 is 23.4 Å². The first-order valence-electron chi connectivity index (χ1n) is 12.8. The Morgan fingerprint density at radius 3 is 2.45 bits per heavy atom. The highest BCUT2D eigenvalue weighted by atomic mass is 35.5. The minimum absolute atomic E-state index is 0.0729. The third kappa shape index (κ3) is 5.14. The Kier molecular flexibility index (Phi) is 6.71. The topological polar surface area (TPSA) is 117 Å². The maximum Gasteiger partial charge on any atom is 0.419 e. The van der Waals surface area contributed by atoms with Crippen molar-refractivity contribution in [3.63, 3.8) is 0 Å². The highest BCUT2D eigenvalue weighted by Gasteiger charge is 2.45. The Bertz CT molecular complexity index is 1380. The van der Waals surface area contributed by atoms with Crippen LogP contribution in [0.4, 0.5) is 20.7 Å². The lowest BCUT2D eigenvalue weighted by Crippen LogP contribution is -2.26. The molecule has 0 saturated heterocycles. The maximum absolute atomic E-state index is 13.5. The van der Waals surface area contributed by atoms with Crippen LogP contribution >= 0.6 is 11.6 Å². The van der Waals surface area contributed by atoms with Gasteiger partial charge in [0.1, 0.15) is 29.1 Å². The summed E-state index contributed by atoms with van der Waals surface area (Å²) in [5, 5.41) is 7.32. The molecule has 9 nitrogen and oxygen atoms in total. The summed E-state index contributed by atoms with van der Waals surface area (Å²) in [4.78, 5) is 30.1. The second-order valence-corrected chi connectivity index (χ2v) is 11.8. The van der Waals surface area contributed by atoms with Gasteiger partial charge in [0.05, 0.1) is 16.4 Å². The SMILES string of the molecule is Cn1nc(C2CC3CC(c4cn(C(=O)OC(C)(C)C)cn4)CC3C2)c(C(=O)Nc2ccc(F)c(Cl)c2)c1N. The van der Waals surface area contributed by atoms with Gasteiger partial charge in [0, 0.05) is 30.8 Å². The van der Waals surface area contributed by atoms with Crippen LogP contribution in [0, 0.1) is 17.7 Å². The molecule has 11 heteroatoms. The van der Waals surface area contributed by atoms with Crippen LogP contribution in [0.3, 0.4) is 0 Å². The molecule has 3 N–H and O–H groups in total. The van der Waals surface area contributed by atoms with Crippen molar-refractivity contribution in [2.45, 2.75) is 63.9 Å². The van der Waals surface area contributed by atoms with Crippen LogP contribution in [0.25, 0.3) is 0 Å². The number of ether oxygens (including phenoxy) is 1. The van der Waals surface area contributed by atoms with Crippen LogP contribution in [0.2, 0.25) is 5.02 Å². The van der Waals surface area contributed by atoms with Gasteiger partial charge in [0.25, 0.3) is 5.91 Å². The molecular weight excluding hydrogens is 511 g/mol. The van der Waals surface area contributed by atoms with Crippen LogP contribution in [0.15, 0.2) is 30.7 Å². The summed E-state index contributed by atoms with van der Waals surface area (Å²) in [6, 6.07) is 4.03. The van der Waals surface area contributed by atoms with Crippen molar-refractivity contribution in [1.82, 2.24) is 19.3 Å². The van der Waals surface area contributed by atoms with E-state index in [1.54, 1.807) is 13.2 Å². The number of nitrogens with one attached hydrogen (secondary N) is 1. The molecule has 38 heavy (non-hydrogen) atoms. The first-order valence-corrected chi connectivity index (χ1v) is 13.1. The Labute approximate surface area is 225 Å². The van der Waals surface area contributed by atoms with Crippen molar-refractivity contribution in [1.29, 1.82) is 0 Å². The Morgan fingerprint density at radius 1 is 1.16 bits per heavy atom. The number of aromatic nitrogens is 4. The van der Waals surface area contributed by atoms with Gasteiger partial charge in [0.2, 0.25) is 0 Å². The quantitative estimate of drug-likeness (QED) is 0.436. The van der Waals surface area contributed by atoms with Crippen molar-refractivity contribution >= 4 is 35.1 Å². The number of hydrogen-bond acceptors (Lipinski definition) is 6. The van der Waals surface area contributed by atoms with E-state index in [0.29, 0.717) is 28.8 Å². The second kappa shape index (κ2) is 9.72. The van der Waals surface area contributed by atoms with E-state index in [1.165, 1.54) is 33.8 Å².